The Morgan fingerprint density at radius 2 is 2.43 bits per heavy atom. The summed E-state index contributed by atoms with van der Waals surface area (Å²) in [6.07, 6.45) is 6.00. The van der Waals surface area contributed by atoms with Crippen molar-refractivity contribution in [1.82, 2.24) is 10.2 Å². The van der Waals surface area contributed by atoms with Crippen molar-refractivity contribution in [3.8, 4) is 0 Å². The lowest BCUT2D eigenvalue weighted by atomic mass is 9.99. The van der Waals surface area contributed by atoms with Crippen molar-refractivity contribution in [1.29, 1.82) is 0 Å². The van der Waals surface area contributed by atoms with E-state index in [1.54, 1.807) is 0 Å². The summed E-state index contributed by atoms with van der Waals surface area (Å²) in [5, 5.41) is 3.13. The number of likely N-dealkylation sites (tertiary alicyclic amines) is 1. The molecule has 1 rings (SSSR count). The van der Waals surface area contributed by atoms with Crippen LogP contribution in [0.15, 0.2) is 12.7 Å². The second-order valence-corrected chi connectivity index (χ2v) is 3.78. The number of piperidine rings is 1. The van der Waals surface area contributed by atoms with Gasteiger partial charge in [-0.1, -0.05) is 6.58 Å². The number of amides is 1. The summed E-state index contributed by atoms with van der Waals surface area (Å²) in [4.78, 5) is 13.5. The molecule has 0 aromatic rings. The van der Waals surface area contributed by atoms with Gasteiger partial charge in [0.25, 0.3) is 0 Å². The van der Waals surface area contributed by atoms with E-state index in [2.05, 4.69) is 11.9 Å². The van der Waals surface area contributed by atoms with E-state index in [0.29, 0.717) is 6.04 Å². The third-order valence-electron chi connectivity index (χ3n) is 2.81. The first kappa shape index (κ1) is 11.2. The van der Waals surface area contributed by atoms with E-state index >= 15 is 0 Å². The van der Waals surface area contributed by atoms with Crippen LogP contribution in [0.3, 0.4) is 0 Å². The van der Waals surface area contributed by atoms with Gasteiger partial charge >= 0.3 is 0 Å². The van der Waals surface area contributed by atoms with E-state index in [9.17, 15) is 4.79 Å². The number of nitrogens with one attached hydrogen (secondary N) is 1. The van der Waals surface area contributed by atoms with E-state index in [-0.39, 0.29) is 5.91 Å². The van der Waals surface area contributed by atoms with E-state index in [4.69, 9.17) is 0 Å². The van der Waals surface area contributed by atoms with Crippen LogP contribution in [-0.2, 0) is 4.79 Å². The average molecular weight is 196 g/mol. The minimum Gasteiger partial charge on any atom is -0.336 e. The van der Waals surface area contributed by atoms with Crippen LogP contribution in [-0.4, -0.2) is 37.0 Å². The molecule has 1 heterocycles. The fraction of sp³-hybridized carbons (Fsp3) is 0.727. The summed E-state index contributed by atoms with van der Waals surface area (Å²) in [6.45, 7) is 5.42. The topological polar surface area (TPSA) is 32.3 Å². The van der Waals surface area contributed by atoms with Crippen molar-refractivity contribution in [2.24, 2.45) is 0 Å². The molecule has 3 heteroatoms. The number of carbonyl (C=O) groups is 1. The molecule has 0 saturated carbocycles. The second kappa shape index (κ2) is 5.81. The fourth-order valence-electron chi connectivity index (χ4n) is 2.02. The molecule has 1 fully saturated rings. The first-order valence-electron chi connectivity index (χ1n) is 5.37. The normalized spacial score (nSPS) is 22.1. The Hall–Kier alpha value is -0.830. The van der Waals surface area contributed by atoms with Crippen molar-refractivity contribution in [3.63, 3.8) is 0 Å². The van der Waals surface area contributed by atoms with Crippen LogP contribution in [0.25, 0.3) is 0 Å². The SMILES string of the molecule is C=CC(=O)N1CCCCC1CCNC. The van der Waals surface area contributed by atoms with Gasteiger partial charge in [0.15, 0.2) is 0 Å². The molecule has 14 heavy (non-hydrogen) atoms. The first-order chi connectivity index (χ1) is 6.79. The Balaban J connectivity index is 2.49. The maximum atomic E-state index is 11.5. The van der Waals surface area contributed by atoms with Crippen molar-refractivity contribution in [3.05, 3.63) is 12.7 Å². The van der Waals surface area contributed by atoms with Gasteiger partial charge in [-0.2, -0.15) is 0 Å². The quantitative estimate of drug-likeness (QED) is 0.684. The van der Waals surface area contributed by atoms with Gasteiger partial charge in [-0.15, -0.1) is 0 Å². The molecule has 1 unspecified atom stereocenters. The highest BCUT2D eigenvalue weighted by molar-refractivity contribution is 5.87. The van der Waals surface area contributed by atoms with Crippen LogP contribution >= 0.6 is 0 Å². The molecular weight excluding hydrogens is 176 g/mol. The molecule has 80 valence electrons. The molecule has 1 saturated heterocycles. The molecule has 0 aromatic heterocycles. The summed E-state index contributed by atoms with van der Waals surface area (Å²) >= 11 is 0. The van der Waals surface area contributed by atoms with Gasteiger partial charge in [0.05, 0.1) is 0 Å². The Bertz CT molecular complexity index is 203. The zero-order chi connectivity index (χ0) is 10.4. The summed E-state index contributed by atoms with van der Waals surface area (Å²) in [5.41, 5.74) is 0. The first-order valence-corrected chi connectivity index (χ1v) is 5.37. The molecule has 0 aromatic carbocycles. The van der Waals surface area contributed by atoms with E-state index < -0.39 is 0 Å². The lowest BCUT2D eigenvalue weighted by molar-refractivity contribution is -0.129. The van der Waals surface area contributed by atoms with E-state index in [1.165, 1.54) is 12.5 Å². The Morgan fingerprint density at radius 1 is 1.64 bits per heavy atom. The van der Waals surface area contributed by atoms with Crippen molar-refractivity contribution in [2.75, 3.05) is 20.1 Å². The third kappa shape index (κ3) is 2.84. The van der Waals surface area contributed by atoms with Crippen molar-refractivity contribution in [2.45, 2.75) is 31.7 Å². The summed E-state index contributed by atoms with van der Waals surface area (Å²) in [5.74, 6) is 0.0887. The molecule has 0 aliphatic carbocycles. The minimum atomic E-state index is 0.0887. The van der Waals surface area contributed by atoms with Gasteiger partial charge in [-0.3, -0.25) is 4.79 Å². The molecule has 1 N–H and O–H groups in total. The van der Waals surface area contributed by atoms with Gasteiger partial charge in [0.2, 0.25) is 5.91 Å². The van der Waals surface area contributed by atoms with Crippen molar-refractivity contribution < 1.29 is 4.79 Å². The maximum Gasteiger partial charge on any atom is 0.246 e. The van der Waals surface area contributed by atoms with Gasteiger partial charge in [-0.25, -0.2) is 0 Å². The number of hydrogen-bond donors (Lipinski definition) is 1. The monoisotopic (exact) mass is 196 g/mol. The lowest BCUT2D eigenvalue weighted by Gasteiger charge is -2.35. The Morgan fingerprint density at radius 3 is 3.07 bits per heavy atom. The van der Waals surface area contributed by atoms with Gasteiger partial charge in [-0.05, 0) is 45.4 Å². The summed E-state index contributed by atoms with van der Waals surface area (Å²) in [7, 11) is 1.95. The molecule has 1 aliphatic heterocycles. The molecular formula is C11H20N2O. The summed E-state index contributed by atoms with van der Waals surface area (Å²) in [6, 6.07) is 0.418. The molecule has 3 nitrogen and oxygen atoms in total. The van der Waals surface area contributed by atoms with Crippen molar-refractivity contribution >= 4 is 5.91 Å². The highest BCUT2D eigenvalue weighted by Crippen LogP contribution is 2.19. The number of carbonyl (C=O) groups excluding carboxylic acids is 1. The Labute approximate surface area is 86.2 Å². The van der Waals surface area contributed by atoms with E-state index in [1.807, 2.05) is 11.9 Å². The molecule has 1 amide bonds. The molecule has 1 aliphatic rings. The highest BCUT2D eigenvalue weighted by Gasteiger charge is 2.24. The van der Waals surface area contributed by atoms with Crippen LogP contribution in [0.4, 0.5) is 0 Å². The third-order valence-corrected chi connectivity index (χ3v) is 2.81. The van der Waals surface area contributed by atoms with Crippen LogP contribution in [0.2, 0.25) is 0 Å². The molecule has 1 atom stereocenters. The zero-order valence-electron chi connectivity index (χ0n) is 8.96. The summed E-state index contributed by atoms with van der Waals surface area (Å²) < 4.78 is 0. The van der Waals surface area contributed by atoms with Crippen LogP contribution in [0.1, 0.15) is 25.7 Å². The number of nitrogens with zero attached hydrogens (tertiary/aromatic N) is 1. The minimum absolute atomic E-state index is 0.0887. The predicted octanol–water partition coefficient (Wildman–Crippen LogP) is 1.16. The lowest BCUT2D eigenvalue weighted by Crippen LogP contribution is -2.44. The van der Waals surface area contributed by atoms with Crippen LogP contribution in [0, 0.1) is 0 Å². The smallest absolute Gasteiger partial charge is 0.246 e. The fourth-order valence-corrected chi connectivity index (χ4v) is 2.02. The maximum absolute atomic E-state index is 11.5. The van der Waals surface area contributed by atoms with Gasteiger partial charge in [0, 0.05) is 12.6 Å². The zero-order valence-corrected chi connectivity index (χ0v) is 8.96. The van der Waals surface area contributed by atoms with Gasteiger partial charge < -0.3 is 10.2 Å². The molecule has 0 spiro atoms. The average Bonchev–Trinajstić information content (AvgIpc) is 2.25. The Kier molecular flexibility index (Phi) is 4.66. The standard InChI is InChI=1S/C11H20N2O/c1-3-11(14)13-9-5-4-6-10(13)7-8-12-2/h3,10,12H,1,4-9H2,2H3. The second-order valence-electron chi connectivity index (χ2n) is 3.78. The molecule has 0 radical (unpaired) electrons. The highest BCUT2D eigenvalue weighted by atomic mass is 16.2. The largest absolute Gasteiger partial charge is 0.336 e. The number of hydrogen-bond acceptors (Lipinski definition) is 2. The van der Waals surface area contributed by atoms with Crippen LogP contribution in [0.5, 0.6) is 0 Å². The van der Waals surface area contributed by atoms with Gasteiger partial charge in [0.1, 0.15) is 0 Å². The number of rotatable bonds is 4. The van der Waals surface area contributed by atoms with E-state index in [0.717, 1.165) is 32.4 Å². The predicted molar refractivity (Wildman–Crippen MR) is 58.1 cm³/mol. The van der Waals surface area contributed by atoms with Crippen LogP contribution < -0.4 is 5.32 Å². The molecule has 0 bridgehead atoms.